The number of halogens is 1. The summed E-state index contributed by atoms with van der Waals surface area (Å²) in [4.78, 5) is 21.3. The van der Waals surface area contributed by atoms with Crippen molar-refractivity contribution in [3.8, 4) is 11.3 Å². The molecule has 2 heterocycles. The third-order valence-corrected chi connectivity index (χ3v) is 4.29. The average molecular weight is 366 g/mol. The van der Waals surface area contributed by atoms with Crippen molar-refractivity contribution in [3.63, 3.8) is 0 Å². The van der Waals surface area contributed by atoms with Crippen molar-refractivity contribution in [2.75, 3.05) is 0 Å². The molecule has 0 aliphatic rings. The van der Waals surface area contributed by atoms with E-state index >= 15 is 0 Å². The summed E-state index contributed by atoms with van der Waals surface area (Å²) in [7, 11) is 1.91. The summed E-state index contributed by atoms with van der Waals surface area (Å²) in [5, 5.41) is 1.50. The molecule has 0 fully saturated rings. The van der Waals surface area contributed by atoms with E-state index in [4.69, 9.17) is 17.1 Å². The Bertz CT molecular complexity index is 1290. The summed E-state index contributed by atoms with van der Waals surface area (Å²) in [5.74, 6) is -0.543. The number of ketones is 1. The van der Waals surface area contributed by atoms with Crippen LogP contribution in [0.4, 0.5) is 0 Å². The van der Waals surface area contributed by atoms with E-state index in [9.17, 15) is 4.79 Å². The predicted octanol–water partition coefficient (Wildman–Crippen LogP) is 4.71. The number of aryl methyl sites for hydroxylation is 1. The molecule has 0 saturated heterocycles. The lowest BCUT2D eigenvalue weighted by atomic mass is 10.0. The highest BCUT2D eigenvalue weighted by Crippen LogP contribution is 2.24. The molecular formula is C21H16ClN3O. The second-order valence-corrected chi connectivity index (χ2v) is 6.29. The molecule has 0 aliphatic heterocycles. The van der Waals surface area contributed by atoms with Gasteiger partial charge < -0.3 is 4.57 Å². The molecule has 128 valence electrons. The lowest BCUT2D eigenvalue weighted by molar-refractivity contribution is 0.0992. The Kier molecular flexibility index (Phi) is 3.21. The van der Waals surface area contributed by atoms with Gasteiger partial charge in [-0.05, 0) is 41.7 Å². The van der Waals surface area contributed by atoms with Gasteiger partial charge in [0.25, 0.3) is 0 Å². The summed E-state index contributed by atoms with van der Waals surface area (Å²) in [6.07, 6.45) is 5.02. The van der Waals surface area contributed by atoms with Crippen molar-refractivity contribution in [2.45, 2.75) is 6.42 Å². The van der Waals surface area contributed by atoms with Gasteiger partial charge in [0.05, 0.1) is 30.1 Å². The molecule has 2 aromatic heterocycles. The van der Waals surface area contributed by atoms with Gasteiger partial charge in [-0.25, -0.2) is 4.98 Å². The number of imidazole rings is 1. The minimum absolute atomic E-state index is 0.149. The number of Topliss-reactive ketones (excluding diaryl/α,β-unsaturated/α-hetero) is 1. The number of fused-ring (bicyclic) bond motifs is 1. The monoisotopic (exact) mass is 365 g/mol. The van der Waals surface area contributed by atoms with Gasteiger partial charge in [-0.1, -0.05) is 23.7 Å². The minimum Gasteiger partial charge on any atom is -0.334 e. The highest BCUT2D eigenvalue weighted by Gasteiger charge is 2.10. The van der Waals surface area contributed by atoms with E-state index < -0.39 is 30.0 Å². The highest BCUT2D eigenvalue weighted by molar-refractivity contribution is 6.30. The van der Waals surface area contributed by atoms with Gasteiger partial charge in [0.1, 0.15) is 0 Å². The Morgan fingerprint density at radius 2 is 1.96 bits per heavy atom. The van der Waals surface area contributed by atoms with Crippen molar-refractivity contribution < 1.29 is 10.3 Å². The number of aromatic nitrogens is 3. The van der Waals surface area contributed by atoms with Crippen molar-refractivity contribution >= 4 is 28.2 Å². The molecular weight excluding hydrogens is 346 g/mol. The number of carbonyl (C=O) groups is 1. The van der Waals surface area contributed by atoms with Gasteiger partial charge in [-0.15, -0.1) is 0 Å². The first-order chi connectivity index (χ1) is 14.3. The van der Waals surface area contributed by atoms with E-state index in [0.29, 0.717) is 5.69 Å². The van der Waals surface area contributed by atoms with Gasteiger partial charge in [0, 0.05) is 40.5 Å². The van der Waals surface area contributed by atoms with E-state index in [0.717, 1.165) is 22.0 Å². The molecule has 0 amide bonds. The van der Waals surface area contributed by atoms with Crippen molar-refractivity contribution in [1.82, 2.24) is 14.5 Å². The standard InChI is InChI=1S/C21H16ClN3O/c1-25-13-23-12-20(25)15-2-3-16-11-24-19(9-17(16)8-15)10-21(26)14-4-6-18(22)7-5-14/h2-9,11-13H,10H2,1H3/i4D,5D,6D,7D. The van der Waals surface area contributed by atoms with E-state index in [1.54, 1.807) is 24.8 Å². The van der Waals surface area contributed by atoms with Crippen LogP contribution in [0.5, 0.6) is 0 Å². The fraction of sp³-hybridized carbons (Fsp3) is 0.0952. The summed E-state index contributed by atoms with van der Waals surface area (Å²) in [6, 6.07) is 5.97. The third-order valence-electron chi connectivity index (χ3n) is 4.11. The number of hydrogen-bond acceptors (Lipinski definition) is 3. The molecule has 4 aromatic rings. The number of benzene rings is 2. The SMILES string of the molecule is [2H]c1c([2H])c(C(=O)Cc2cc3cc(-c4cncn4C)ccc3cn2)c([2H])c([2H])c1Cl. The maximum atomic E-state index is 12.8. The molecule has 0 atom stereocenters. The quantitative estimate of drug-likeness (QED) is 0.492. The number of pyridine rings is 1. The number of nitrogens with zero attached hydrogens (tertiary/aromatic N) is 3. The number of rotatable bonds is 4. The predicted molar refractivity (Wildman–Crippen MR) is 103 cm³/mol. The van der Waals surface area contributed by atoms with Gasteiger partial charge >= 0.3 is 0 Å². The van der Waals surface area contributed by atoms with Crippen LogP contribution in [0.3, 0.4) is 0 Å². The van der Waals surface area contributed by atoms with E-state index in [1.807, 2.05) is 29.8 Å². The lowest BCUT2D eigenvalue weighted by Crippen LogP contribution is -2.04. The normalized spacial score (nSPS) is 13.2. The molecule has 0 spiro atoms. The van der Waals surface area contributed by atoms with Crippen LogP contribution < -0.4 is 0 Å². The van der Waals surface area contributed by atoms with E-state index in [2.05, 4.69) is 9.97 Å². The van der Waals surface area contributed by atoms with Gasteiger partial charge in [-0.3, -0.25) is 9.78 Å². The average Bonchev–Trinajstić information content (AvgIpc) is 3.16. The number of carbonyl (C=O) groups excluding carboxylic acids is 1. The van der Waals surface area contributed by atoms with Crippen LogP contribution >= 0.6 is 11.6 Å². The minimum atomic E-state index is -0.543. The first kappa shape index (κ1) is 12.4. The molecule has 0 unspecified atom stereocenters. The molecule has 0 radical (unpaired) electrons. The first-order valence-corrected chi connectivity index (χ1v) is 8.30. The van der Waals surface area contributed by atoms with Crippen molar-refractivity contribution in [2.24, 2.45) is 7.05 Å². The first-order valence-electron chi connectivity index (χ1n) is 9.92. The van der Waals surface area contributed by atoms with Crippen LogP contribution in [-0.2, 0) is 13.5 Å². The molecule has 26 heavy (non-hydrogen) atoms. The highest BCUT2D eigenvalue weighted by atomic mass is 35.5. The summed E-state index contributed by atoms with van der Waals surface area (Å²) in [5.41, 5.74) is 2.13. The Morgan fingerprint density at radius 3 is 2.69 bits per heavy atom. The van der Waals surface area contributed by atoms with Crippen LogP contribution in [0.1, 0.15) is 21.5 Å². The number of hydrogen-bond donors (Lipinski definition) is 0. The lowest BCUT2D eigenvalue weighted by Gasteiger charge is -2.07. The third kappa shape index (κ3) is 3.24. The van der Waals surface area contributed by atoms with Crippen LogP contribution in [-0.4, -0.2) is 20.3 Å². The smallest absolute Gasteiger partial charge is 0.168 e. The molecule has 0 aliphatic carbocycles. The fourth-order valence-electron chi connectivity index (χ4n) is 2.77. The Morgan fingerprint density at radius 1 is 1.15 bits per heavy atom. The molecule has 0 bridgehead atoms. The molecule has 0 N–H and O–H groups in total. The van der Waals surface area contributed by atoms with E-state index in [-0.39, 0.29) is 17.0 Å². The van der Waals surface area contributed by atoms with Crippen LogP contribution in [0.2, 0.25) is 5.02 Å². The Balaban J connectivity index is 1.71. The maximum absolute atomic E-state index is 12.8. The molecule has 4 rings (SSSR count). The molecule has 4 nitrogen and oxygen atoms in total. The van der Waals surface area contributed by atoms with Gasteiger partial charge in [-0.2, -0.15) is 0 Å². The maximum Gasteiger partial charge on any atom is 0.168 e. The zero-order chi connectivity index (χ0) is 21.6. The van der Waals surface area contributed by atoms with E-state index in [1.165, 1.54) is 0 Å². The van der Waals surface area contributed by atoms with Gasteiger partial charge in [0.2, 0.25) is 0 Å². The summed E-state index contributed by atoms with van der Waals surface area (Å²) < 4.78 is 33.6. The van der Waals surface area contributed by atoms with Crippen molar-refractivity contribution in [3.05, 3.63) is 83.4 Å². The molecule has 5 heteroatoms. The summed E-state index contributed by atoms with van der Waals surface area (Å²) >= 11 is 5.81. The summed E-state index contributed by atoms with van der Waals surface area (Å²) in [6.45, 7) is 0. The fourth-order valence-corrected chi connectivity index (χ4v) is 2.86. The topological polar surface area (TPSA) is 47.8 Å². The largest absolute Gasteiger partial charge is 0.334 e. The second kappa shape index (κ2) is 6.73. The van der Waals surface area contributed by atoms with Crippen LogP contribution in [0.15, 0.2) is 67.2 Å². The second-order valence-electron chi connectivity index (χ2n) is 5.92. The zero-order valence-corrected chi connectivity index (χ0v) is 14.6. The van der Waals surface area contributed by atoms with Crippen molar-refractivity contribution in [1.29, 1.82) is 0 Å². The van der Waals surface area contributed by atoms with Crippen LogP contribution in [0, 0.1) is 0 Å². The van der Waals surface area contributed by atoms with Crippen LogP contribution in [0.25, 0.3) is 22.0 Å². The Labute approximate surface area is 161 Å². The Hall–Kier alpha value is -2.98. The van der Waals surface area contributed by atoms with Gasteiger partial charge in [0.15, 0.2) is 5.78 Å². The zero-order valence-electron chi connectivity index (χ0n) is 17.9. The molecule has 0 saturated carbocycles. The molecule has 2 aromatic carbocycles.